The van der Waals surface area contributed by atoms with E-state index in [0.717, 1.165) is 31.9 Å². The molecule has 2 aromatic rings. The number of hydrogen-bond donors (Lipinski definition) is 0. The Morgan fingerprint density at radius 2 is 1.57 bits per heavy atom. The predicted octanol–water partition coefficient (Wildman–Crippen LogP) is 1.96. The van der Waals surface area contributed by atoms with Crippen LogP contribution in [-0.4, -0.2) is 51.8 Å². The Bertz CT molecular complexity index is 628. The molecule has 1 saturated heterocycles. The summed E-state index contributed by atoms with van der Waals surface area (Å²) in [4.78, 5) is 16.4. The van der Waals surface area contributed by atoms with Gasteiger partial charge in [-0.2, -0.15) is 0 Å². The molecule has 0 spiro atoms. The van der Waals surface area contributed by atoms with Crippen LogP contribution in [-0.2, 0) is 4.79 Å². The first-order valence-electron chi connectivity index (χ1n) is 8.11. The molecule has 0 N–H and O–H groups in total. The summed E-state index contributed by atoms with van der Waals surface area (Å²) in [6.45, 7) is 7.56. The number of piperazine rings is 1. The van der Waals surface area contributed by atoms with Crippen LogP contribution in [0, 0.1) is 5.92 Å². The van der Waals surface area contributed by atoms with Crippen LogP contribution in [0.15, 0.2) is 36.9 Å². The van der Waals surface area contributed by atoms with E-state index in [1.54, 1.807) is 12.7 Å². The van der Waals surface area contributed by atoms with Crippen molar-refractivity contribution in [1.82, 2.24) is 19.7 Å². The fraction of sp³-hybridized carbons (Fsp3) is 0.471. The highest BCUT2D eigenvalue weighted by molar-refractivity contribution is 5.76. The minimum absolute atomic E-state index is 0.280. The number of benzene rings is 1. The minimum Gasteiger partial charge on any atom is -0.368 e. The molecule has 0 saturated carbocycles. The molecule has 23 heavy (non-hydrogen) atoms. The smallest absolute Gasteiger partial charge is 0.222 e. The molecule has 1 aliphatic heterocycles. The second-order valence-electron chi connectivity index (χ2n) is 6.35. The Hall–Kier alpha value is -2.37. The number of rotatable bonds is 4. The van der Waals surface area contributed by atoms with Gasteiger partial charge >= 0.3 is 0 Å². The molecular weight excluding hydrogens is 290 g/mol. The maximum absolute atomic E-state index is 12.1. The number of amides is 1. The molecule has 6 heteroatoms. The molecule has 1 aliphatic rings. The Labute approximate surface area is 136 Å². The monoisotopic (exact) mass is 313 g/mol. The molecule has 0 bridgehead atoms. The summed E-state index contributed by atoms with van der Waals surface area (Å²) < 4.78 is 1.88. The second kappa shape index (κ2) is 6.81. The lowest BCUT2D eigenvalue weighted by Crippen LogP contribution is -2.49. The summed E-state index contributed by atoms with van der Waals surface area (Å²) >= 11 is 0. The van der Waals surface area contributed by atoms with E-state index < -0.39 is 0 Å². The van der Waals surface area contributed by atoms with Crippen LogP contribution in [0.3, 0.4) is 0 Å². The summed E-state index contributed by atoms with van der Waals surface area (Å²) in [5, 5.41) is 7.64. The van der Waals surface area contributed by atoms with Crippen molar-refractivity contribution in [2.75, 3.05) is 31.1 Å². The number of anilines is 1. The molecule has 0 radical (unpaired) electrons. The average Bonchev–Trinajstić information content (AvgIpc) is 3.09. The van der Waals surface area contributed by atoms with Crippen molar-refractivity contribution >= 4 is 11.6 Å². The zero-order chi connectivity index (χ0) is 16.2. The van der Waals surface area contributed by atoms with Crippen molar-refractivity contribution in [3.8, 4) is 5.69 Å². The maximum Gasteiger partial charge on any atom is 0.222 e. The summed E-state index contributed by atoms with van der Waals surface area (Å²) in [6, 6.07) is 8.35. The van der Waals surface area contributed by atoms with E-state index in [4.69, 9.17) is 0 Å². The lowest BCUT2D eigenvalue weighted by Gasteiger charge is -2.36. The molecule has 1 amide bonds. The first kappa shape index (κ1) is 15.5. The van der Waals surface area contributed by atoms with Gasteiger partial charge in [0.15, 0.2) is 0 Å². The van der Waals surface area contributed by atoms with Crippen LogP contribution in [0.25, 0.3) is 5.69 Å². The van der Waals surface area contributed by atoms with Gasteiger partial charge in [-0.05, 0) is 30.2 Å². The summed E-state index contributed by atoms with van der Waals surface area (Å²) in [5.41, 5.74) is 2.24. The highest BCUT2D eigenvalue weighted by Gasteiger charge is 2.21. The topological polar surface area (TPSA) is 54.3 Å². The number of aromatic nitrogens is 3. The van der Waals surface area contributed by atoms with Gasteiger partial charge in [-0.25, -0.2) is 0 Å². The van der Waals surface area contributed by atoms with E-state index >= 15 is 0 Å². The molecule has 0 atom stereocenters. The van der Waals surface area contributed by atoms with E-state index in [1.165, 1.54) is 5.69 Å². The molecule has 6 nitrogen and oxygen atoms in total. The molecular formula is C17H23N5O. The standard InChI is InChI=1S/C17H23N5O/c1-14(2)11-17(23)21-9-7-20(8-10-21)15-3-5-16(6-4-15)22-12-18-19-13-22/h3-6,12-14H,7-11H2,1-2H3. The lowest BCUT2D eigenvalue weighted by atomic mass is 10.1. The molecule has 3 rings (SSSR count). The predicted molar refractivity (Wildman–Crippen MR) is 89.6 cm³/mol. The molecule has 1 aromatic heterocycles. The largest absolute Gasteiger partial charge is 0.368 e. The summed E-state index contributed by atoms with van der Waals surface area (Å²) in [5.74, 6) is 0.702. The molecule has 0 aliphatic carbocycles. The molecule has 2 heterocycles. The molecule has 0 unspecified atom stereocenters. The van der Waals surface area contributed by atoms with Gasteiger partial charge in [0, 0.05) is 44.0 Å². The Kier molecular flexibility index (Phi) is 4.60. The van der Waals surface area contributed by atoms with E-state index in [-0.39, 0.29) is 5.91 Å². The number of nitrogens with zero attached hydrogens (tertiary/aromatic N) is 5. The average molecular weight is 313 g/mol. The van der Waals surface area contributed by atoms with Crippen molar-refractivity contribution < 1.29 is 4.79 Å². The number of hydrogen-bond acceptors (Lipinski definition) is 4. The van der Waals surface area contributed by atoms with Crippen molar-refractivity contribution in [2.45, 2.75) is 20.3 Å². The van der Waals surface area contributed by atoms with E-state index in [9.17, 15) is 4.79 Å². The van der Waals surface area contributed by atoms with Gasteiger partial charge in [-0.3, -0.25) is 9.36 Å². The second-order valence-corrected chi connectivity index (χ2v) is 6.35. The Morgan fingerprint density at radius 1 is 1.00 bits per heavy atom. The quantitative estimate of drug-likeness (QED) is 0.866. The summed E-state index contributed by atoms with van der Waals surface area (Å²) in [6.07, 6.45) is 4.02. The minimum atomic E-state index is 0.280. The third kappa shape index (κ3) is 3.70. The normalized spacial score (nSPS) is 15.3. The number of carbonyl (C=O) groups is 1. The molecule has 1 aromatic carbocycles. The van der Waals surface area contributed by atoms with Gasteiger partial charge in [-0.1, -0.05) is 13.8 Å². The zero-order valence-corrected chi connectivity index (χ0v) is 13.7. The van der Waals surface area contributed by atoms with Crippen molar-refractivity contribution in [2.24, 2.45) is 5.92 Å². The zero-order valence-electron chi connectivity index (χ0n) is 13.7. The van der Waals surface area contributed by atoms with Gasteiger partial charge in [0.2, 0.25) is 5.91 Å². The SMILES string of the molecule is CC(C)CC(=O)N1CCN(c2ccc(-n3cnnc3)cc2)CC1. The van der Waals surface area contributed by atoms with Crippen molar-refractivity contribution in [3.05, 3.63) is 36.9 Å². The van der Waals surface area contributed by atoms with E-state index in [0.29, 0.717) is 12.3 Å². The first-order valence-corrected chi connectivity index (χ1v) is 8.11. The van der Waals surface area contributed by atoms with Crippen LogP contribution in [0.1, 0.15) is 20.3 Å². The Balaban J connectivity index is 1.58. The van der Waals surface area contributed by atoms with Gasteiger partial charge < -0.3 is 9.80 Å². The van der Waals surface area contributed by atoms with Crippen LogP contribution in [0.2, 0.25) is 0 Å². The highest BCUT2D eigenvalue weighted by atomic mass is 16.2. The van der Waals surface area contributed by atoms with Gasteiger partial charge in [-0.15, -0.1) is 10.2 Å². The third-order valence-corrected chi connectivity index (χ3v) is 4.15. The maximum atomic E-state index is 12.1. The summed E-state index contributed by atoms with van der Waals surface area (Å²) in [7, 11) is 0. The van der Waals surface area contributed by atoms with Gasteiger partial charge in [0.05, 0.1) is 0 Å². The Morgan fingerprint density at radius 3 is 2.13 bits per heavy atom. The number of carbonyl (C=O) groups excluding carboxylic acids is 1. The lowest BCUT2D eigenvalue weighted by molar-refractivity contribution is -0.132. The fourth-order valence-corrected chi connectivity index (χ4v) is 2.86. The third-order valence-electron chi connectivity index (χ3n) is 4.15. The van der Waals surface area contributed by atoms with Crippen LogP contribution < -0.4 is 4.90 Å². The van der Waals surface area contributed by atoms with Gasteiger partial charge in [0.25, 0.3) is 0 Å². The van der Waals surface area contributed by atoms with Crippen LogP contribution in [0.4, 0.5) is 5.69 Å². The first-order chi connectivity index (χ1) is 11.1. The fourth-order valence-electron chi connectivity index (χ4n) is 2.86. The van der Waals surface area contributed by atoms with E-state index in [1.807, 2.05) is 9.47 Å². The van der Waals surface area contributed by atoms with E-state index in [2.05, 4.69) is 53.2 Å². The highest BCUT2D eigenvalue weighted by Crippen LogP contribution is 2.19. The molecule has 1 fully saturated rings. The van der Waals surface area contributed by atoms with Crippen molar-refractivity contribution in [1.29, 1.82) is 0 Å². The van der Waals surface area contributed by atoms with Crippen LogP contribution in [0.5, 0.6) is 0 Å². The molecule has 122 valence electrons. The van der Waals surface area contributed by atoms with Crippen molar-refractivity contribution in [3.63, 3.8) is 0 Å². The van der Waals surface area contributed by atoms with Gasteiger partial charge in [0.1, 0.15) is 12.7 Å². The van der Waals surface area contributed by atoms with Crippen LogP contribution >= 0.6 is 0 Å².